The third kappa shape index (κ3) is 3.01. The second-order valence-corrected chi connectivity index (χ2v) is 5.66. The van der Waals surface area contributed by atoms with Crippen molar-refractivity contribution in [1.82, 2.24) is 0 Å². The number of fused-ring (bicyclic) bond motifs is 1. The lowest BCUT2D eigenvalue weighted by molar-refractivity contribution is -0.148. The zero-order valence-corrected chi connectivity index (χ0v) is 11.3. The molecule has 2 fully saturated rings. The molecule has 0 aromatic heterocycles. The normalized spacial score (nSPS) is 32.5. The van der Waals surface area contributed by atoms with E-state index in [4.69, 9.17) is 7.58 Å². The van der Waals surface area contributed by atoms with Gasteiger partial charge in [0.15, 0.2) is 0 Å². The minimum absolute atomic E-state index is 0. The van der Waals surface area contributed by atoms with Crippen molar-refractivity contribution >= 4 is 27.8 Å². The Kier molecular flexibility index (Phi) is 4.99. The van der Waals surface area contributed by atoms with Crippen molar-refractivity contribution in [2.24, 2.45) is 23.7 Å². The van der Waals surface area contributed by atoms with Crippen LogP contribution in [0.3, 0.4) is 0 Å². The maximum Gasteiger partial charge on any atom is 0.885 e. The van der Waals surface area contributed by atoms with Gasteiger partial charge in [-0.3, -0.25) is 9.59 Å². The molecule has 6 heteroatoms. The first-order valence-corrected chi connectivity index (χ1v) is 6.76. The van der Waals surface area contributed by atoms with Gasteiger partial charge in [0.05, 0.1) is 11.8 Å². The SMILES string of the molecule is CC(C)C1CCC2C(=O)[O][Al][O]C(=O)C2C1.O. The molecule has 1 saturated carbocycles. The lowest BCUT2D eigenvalue weighted by Crippen LogP contribution is -2.35. The Morgan fingerprint density at radius 2 is 1.71 bits per heavy atom. The van der Waals surface area contributed by atoms with Crippen molar-refractivity contribution < 1.29 is 22.6 Å². The average molecular weight is 257 g/mol. The molecular weight excluding hydrogens is 239 g/mol. The van der Waals surface area contributed by atoms with E-state index in [-0.39, 0.29) is 29.3 Å². The Balaban J connectivity index is 0.00000144. The third-order valence-corrected chi connectivity index (χ3v) is 4.42. The van der Waals surface area contributed by atoms with E-state index in [1.807, 2.05) is 0 Å². The van der Waals surface area contributed by atoms with Gasteiger partial charge in [-0.15, -0.1) is 0 Å². The average Bonchev–Trinajstić information content (AvgIpc) is 2.40. The first-order chi connectivity index (χ1) is 7.59. The predicted molar refractivity (Wildman–Crippen MR) is 60.7 cm³/mol. The number of hydrogen-bond acceptors (Lipinski definition) is 4. The van der Waals surface area contributed by atoms with Crippen LogP contribution in [0.5, 0.6) is 0 Å². The van der Waals surface area contributed by atoms with Crippen LogP contribution in [0, 0.1) is 23.7 Å². The number of rotatable bonds is 1. The zero-order chi connectivity index (χ0) is 11.7. The van der Waals surface area contributed by atoms with E-state index in [0.717, 1.165) is 19.3 Å². The smallest absolute Gasteiger partial charge is 0.589 e. The molecule has 3 atom stereocenters. The molecule has 0 spiro atoms. The van der Waals surface area contributed by atoms with Crippen LogP contribution in [0.25, 0.3) is 0 Å². The third-order valence-electron chi connectivity index (χ3n) is 3.77. The highest BCUT2D eigenvalue weighted by molar-refractivity contribution is 6.27. The van der Waals surface area contributed by atoms with Crippen LogP contribution in [0.15, 0.2) is 0 Å². The fraction of sp³-hybridized carbons (Fsp3) is 0.818. The van der Waals surface area contributed by atoms with E-state index in [1.165, 1.54) is 0 Å². The predicted octanol–water partition coefficient (Wildman–Crippen LogP) is 0.484. The zero-order valence-electron chi connectivity index (χ0n) is 10.1. The van der Waals surface area contributed by atoms with Gasteiger partial charge in [0, 0.05) is 0 Å². The van der Waals surface area contributed by atoms with Crippen molar-refractivity contribution in [2.45, 2.75) is 33.1 Å². The molecule has 2 aliphatic rings. The standard InChI is InChI=1S/C11H18O4.Al.H2O/c1-6(2)7-3-4-8(10(12)13)9(5-7)11(14)15;;/h6-9H,3-5H2,1-2H3,(H,12,13)(H,14,15);;1H2/q;+2;/p-2. The van der Waals surface area contributed by atoms with Gasteiger partial charge < -0.3 is 13.1 Å². The van der Waals surface area contributed by atoms with Gasteiger partial charge in [0.25, 0.3) is 11.9 Å². The molecular formula is C11H18AlO5. The summed E-state index contributed by atoms with van der Waals surface area (Å²) in [6.07, 6.45) is 2.55. The highest BCUT2D eigenvalue weighted by Gasteiger charge is 2.43. The van der Waals surface area contributed by atoms with E-state index < -0.39 is 15.9 Å². The molecule has 0 bridgehead atoms. The molecule has 0 aromatic rings. The molecule has 1 radical (unpaired) electrons. The van der Waals surface area contributed by atoms with Crippen LogP contribution in [-0.4, -0.2) is 33.3 Å². The summed E-state index contributed by atoms with van der Waals surface area (Å²) in [5.74, 6) is 0.112. The van der Waals surface area contributed by atoms with E-state index in [1.54, 1.807) is 0 Å². The van der Waals surface area contributed by atoms with Gasteiger partial charge in [-0.25, -0.2) is 0 Å². The molecule has 1 saturated heterocycles. The van der Waals surface area contributed by atoms with Crippen LogP contribution in [0.2, 0.25) is 0 Å². The maximum atomic E-state index is 11.7. The van der Waals surface area contributed by atoms with Crippen LogP contribution in [0.4, 0.5) is 0 Å². The quantitative estimate of drug-likeness (QED) is 0.640. The molecule has 2 N–H and O–H groups in total. The van der Waals surface area contributed by atoms with Crippen molar-refractivity contribution in [3.8, 4) is 0 Å². The summed E-state index contributed by atoms with van der Waals surface area (Å²) < 4.78 is 9.91. The first-order valence-electron chi connectivity index (χ1n) is 5.82. The lowest BCUT2D eigenvalue weighted by Gasteiger charge is -2.34. The fourth-order valence-corrected chi connectivity index (χ4v) is 3.23. The highest BCUT2D eigenvalue weighted by Crippen LogP contribution is 2.39. The molecule has 2 rings (SSSR count). The second kappa shape index (κ2) is 5.85. The summed E-state index contributed by atoms with van der Waals surface area (Å²) >= 11 is -0.931. The van der Waals surface area contributed by atoms with Crippen LogP contribution >= 0.6 is 0 Å². The van der Waals surface area contributed by atoms with Gasteiger partial charge in [-0.2, -0.15) is 0 Å². The Bertz CT molecular complexity index is 304. The monoisotopic (exact) mass is 257 g/mol. The van der Waals surface area contributed by atoms with Gasteiger partial charge in [0.2, 0.25) is 0 Å². The Hall–Kier alpha value is -0.568. The fourth-order valence-electron chi connectivity index (χ4n) is 2.64. The minimum atomic E-state index is -0.931. The van der Waals surface area contributed by atoms with Gasteiger partial charge >= 0.3 is 15.9 Å². The van der Waals surface area contributed by atoms with Crippen LogP contribution in [-0.2, 0) is 17.2 Å². The number of hydrogen-bond donors (Lipinski definition) is 0. The van der Waals surface area contributed by atoms with Crippen molar-refractivity contribution in [1.29, 1.82) is 0 Å². The summed E-state index contributed by atoms with van der Waals surface area (Å²) in [6.45, 7) is 4.33. The number of carbonyl (C=O) groups is 2. The topological polar surface area (TPSA) is 84.1 Å². The second-order valence-electron chi connectivity index (χ2n) is 5.00. The summed E-state index contributed by atoms with van der Waals surface area (Å²) in [5.41, 5.74) is 0. The van der Waals surface area contributed by atoms with Gasteiger partial charge in [-0.05, 0) is 31.1 Å². The van der Waals surface area contributed by atoms with E-state index in [2.05, 4.69) is 13.8 Å². The minimum Gasteiger partial charge on any atom is -0.589 e. The summed E-state index contributed by atoms with van der Waals surface area (Å²) in [5, 5.41) is 0. The van der Waals surface area contributed by atoms with Crippen molar-refractivity contribution in [3.63, 3.8) is 0 Å². The molecule has 1 aliphatic heterocycles. The van der Waals surface area contributed by atoms with Gasteiger partial charge in [-0.1, -0.05) is 13.8 Å². The largest absolute Gasteiger partial charge is 0.885 e. The van der Waals surface area contributed by atoms with E-state index >= 15 is 0 Å². The molecule has 17 heavy (non-hydrogen) atoms. The molecule has 95 valence electrons. The highest BCUT2D eigenvalue weighted by atomic mass is 27.2. The van der Waals surface area contributed by atoms with Crippen LogP contribution in [0.1, 0.15) is 33.1 Å². The molecule has 0 aromatic carbocycles. The maximum absolute atomic E-state index is 11.7. The molecule has 3 unspecified atom stereocenters. The molecule has 1 aliphatic carbocycles. The molecule has 5 nitrogen and oxygen atoms in total. The van der Waals surface area contributed by atoms with Crippen molar-refractivity contribution in [2.75, 3.05) is 0 Å². The van der Waals surface area contributed by atoms with Crippen LogP contribution < -0.4 is 0 Å². The Morgan fingerprint density at radius 3 is 2.29 bits per heavy atom. The van der Waals surface area contributed by atoms with E-state index in [9.17, 15) is 9.59 Å². The van der Waals surface area contributed by atoms with Gasteiger partial charge in [0.1, 0.15) is 0 Å². The summed E-state index contributed by atoms with van der Waals surface area (Å²) in [6, 6.07) is 0. The van der Waals surface area contributed by atoms with Crippen molar-refractivity contribution in [3.05, 3.63) is 0 Å². The molecule has 1 heterocycles. The summed E-state index contributed by atoms with van der Waals surface area (Å²) in [4.78, 5) is 23.4. The first kappa shape index (κ1) is 14.5. The Morgan fingerprint density at radius 1 is 1.12 bits per heavy atom. The lowest BCUT2D eigenvalue weighted by atomic mass is 9.70. The Labute approximate surface area is 108 Å². The summed E-state index contributed by atoms with van der Waals surface area (Å²) in [7, 11) is 0. The number of carbonyl (C=O) groups excluding carboxylic acids is 2. The molecule has 0 amide bonds. The van der Waals surface area contributed by atoms with E-state index in [0.29, 0.717) is 11.8 Å².